The van der Waals surface area contributed by atoms with Crippen molar-refractivity contribution in [2.75, 3.05) is 13.1 Å². The molecule has 3 aromatic rings. The molecule has 0 bridgehead atoms. The summed E-state index contributed by atoms with van der Waals surface area (Å²) in [4.78, 5) is 11.7. The van der Waals surface area contributed by atoms with Crippen LogP contribution in [0.4, 0.5) is 0 Å². The number of rotatable bonds is 10. The summed E-state index contributed by atoms with van der Waals surface area (Å²) >= 11 is 12.4. The summed E-state index contributed by atoms with van der Waals surface area (Å²) in [5.74, 6) is 0.0743. The Labute approximate surface area is 193 Å². The van der Waals surface area contributed by atoms with E-state index in [9.17, 15) is 4.79 Å². The van der Waals surface area contributed by atoms with Crippen LogP contribution in [-0.2, 0) is 11.3 Å². The minimum absolute atomic E-state index is 0.0743. The standard InChI is InChI=1S/C25H27Cl2N3O/c26-21-11-14-23(27)20(18-21)10-13-22-12-9-19-6-3-4-7-24(19)30(22)17-5-1-2-8-25(31)29-16-15-28/h3-4,6-7,9-14,18H,1-2,5,8,15-17,28H2/p+1/b13-10+. The summed E-state index contributed by atoms with van der Waals surface area (Å²) in [6, 6.07) is 18.1. The molecular weight excluding hydrogens is 429 g/mol. The molecule has 3 N–H and O–H groups in total. The van der Waals surface area contributed by atoms with Crippen molar-refractivity contribution in [2.45, 2.75) is 32.2 Å². The topological polar surface area (TPSA) is 59.0 Å². The Balaban J connectivity index is 1.73. The molecule has 1 heterocycles. The lowest BCUT2D eigenvalue weighted by Crippen LogP contribution is -2.38. The Kier molecular flexibility index (Phi) is 8.89. The van der Waals surface area contributed by atoms with Crippen LogP contribution in [0, 0.1) is 0 Å². The van der Waals surface area contributed by atoms with E-state index in [1.54, 1.807) is 6.07 Å². The second-order valence-electron chi connectivity index (χ2n) is 7.42. The highest BCUT2D eigenvalue weighted by molar-refractivity contribution is 6.34. The maximum Gasteiger partial charge on any atom is 0.220 e. The number of fused-ring (bicyclic) bond motifs is 1. The smallest absolute Gasteiger partial charge is 0.220 e. The normalized spacial score (nSPS) is 11.3. The number of para-hydroxylation sites is 1. The molecule has 4 nitrogen and oxygen atoms in total. The van der Waals surface area contributed by atoms with Gasteiger partial charge in [-0.15, -0.1) is 0 Å². The van der Waals surface area contributed by atoms with Gasteiger partial charge in [0, 0.05) is 59.6 Å². The molecule has 162 valence electrons. The van der Waals surface area contributed by atoms with Gasteiger partial charge in [0.25, 0.3) is 0 Å². The van der Waals surface area contributed by atoms with Gasteiger partial charge in [-0.25, -0.2) is 0 Å². The number of amides is 1. The van der Waals surface area contributed by atoms with E-state index in [2.05, 4.69) is 46.3 Å². The first-order chi connectivity index (χ1) is 15.1. The van der Waals surface area contributed by atoms with Crippen molar-refractivity contribution in [1.82, 2.24) is 5.32 Å². The van der Waals surface area contributed by atoms with Gasteiger partial charge in [0.2, 0.25) is 17.1 Å². The molecule has 1 amide bonds. The molecule has 0 radical (unpaired) electrons. The molecule has 6 heteroatoms. The fraction of sp³-hybridized carbons (Fsp3) is 0.280. The Morgan fingerprint density at radius 1 is 1.00 bits per heavy atom. The van der Waals surface area contributed by atoms with Gasteiger partial charge in [-0.2, -0.15) is 4.57 Å². The molecule has 0 unspecified atom stereocenters. The molecular formula is C25H28Cl2N3O+. The van der Waals surface area contributed by atoms with Crippen LogP contribution in [0.25, 0.3) is 23.1 Å². The zero-order chi connectivity index (χ0) is 22.1. The largest absolute Gasteiger partial charge is 0.355 e. The third-order valence-corrected chi connectivity index (χ3v) is 5.70. The zero-order valence-electron chi connectivity index (χ0n) is 17.5. The molecule has 0 saturated heterocycles. The van der Waals surface area contributed by atoms with Crippen molar-refractivity contribution < 1.29 is 9.36 Å². The molecule has 0 atom stereocenters. The van der Waals surface area contributed by atoms with Gasteiger partial charge in [0.1, 0.15) is 6.54 Å². The number of hydrogen-bond donors (Lipinski definition) is 2. The molecule has 0 aliphatic carbocycles. The fourth-order valence-corrected chi connectivity index (χ4v) is 3.88. The quantitative estimate of drug-likeness (QED) is 0.323. The van der Waals surface area contributed by atoms with Crippen LogP contribution in [0.3, 0.4) is 0 Å². The lowest BCUT2D eigenvalue weighted by molar-refractivity contribution is -0.673. The second kappa shape index (κ2) is 11.8. The SMILES string of the molecule is NCCNC(=O)CCCCC[n+]1c(/C=C/c2cc(Cl)ccc2Cl)ccc2ccccc21. The average molecular weight is 457 g/mol. The number of pyridine rings is 1. The Morgan fingerprint density at radius 3 is 2.68 bits per heavy atom. The van der Waals surface area contributed by atoms with E-state index in [-0.39, 0.29) is 5.91 Å². The maximum atomic E-state index is 11.7. The van der Waals surface area contributed by atoms with Crippen LogP contribution < -0.4 is 15.6 Å². The van der Waals surface area contributed by atoms with E-state index in [0.29, 0.717) is 29.6 Å². The third-order valence-electron chi connectivity index (χ3n) is 5.12. The summed E-state index contributed by atoms with van der Waals surface area (Å²) in [6.07, 6.45) is 7.45. The predicted octanol–water partition coefficient (Wildman–Crippen LogP) is 5.24. The van der Waals surface area contributed by atoms with Crippen LogP contribution in [-0.4, -0.2) is 19.0 Å². The highest BCUT2D eigenvalue weighted by Crippen LogP contribution is 2.23. The molecule has 0 aliphatic rings. The number of aromatic nitrogens is 1. The van der Waals surface area contributed by atoms with Gasteiger partial charge in [-0.05, 0) is 54.8 Å². The highest BCUT2D eigenvalue weighted by atomic mass is 35.5. The van der Waals surface area contributed by atoms with Crippen LogP contribution in [0.5, 0.6) is 0 Å². The van der Waals surface area contributed by atoms with Crippen LogP contribution in [0.15, 0.2) is 54.6 Å². The van der Waals surface area contributed by atoms with Crippen molar-refractivity contribution in [3.63, 3.8) is 0 Å². The molecule has 0 spiro atoms. The van der Waals surface area contributed by atoms with Gasteiger partial charge < -0.3 is 11.1 Å². The van der Waals surface area contributed by atoms with Crippen molar-refractivity contribution in [3.05, 3.63) is 75.9 Å². The summed E-state index contributed by atoms with van der Waals surface area (Å²) in [5, 5.41) is 5.34. The van der Waals surface area contributed by atoms with E-state index < -0.39 is 0 Å². The third kappa shape index (κ3) is 6.79. The van der Waals surface area contributed by atoms with E-state index in [1.807, 2.05) is 24.3 Å². The number of halogens is 2. The minimum Gasteiger partial charge on any atom is -0.355 e. The Hall–Kier alpha value is -2.40. The molecule has 0 fully saturated rings. The first-order valence-corrected chi connectivity index (χ1v) is 11.4. The molecule has 0 aliphatic heterocycles. The number of carbonyl (C=O) groups excluding carboxylic acids is 1. The van der Waals surface area contributed by atoms with E-state index in [0.717, 1.165) is 37.1 Å². The number of unbranched alkanes of at least 4 members (excludes halogenated alkanes) is 2. The molecule has 0 saturated carbocycles. The number of nitrogens with zero attached hydrogens (tertiary/aromatic N) is 1. The van der Waals surface area contributed by atoms with Crippen molar-refractivity contribution >= 4 is 52.2 Å². The summed E-state index contributed by atoms with van der Waals surface area (Å²) < 4.78 is 2.32. The molecule has 2 aromatic carbocycles. The highest BCUT2D eigenvalue weighted by Gasteiger charge is 2.13. The number of nitrogens with two attached hydrogens (primary N) is 1. The number of benzene rings is 2. The van der Waals surface area contributed by atoms with Gasteiger partial charge in [-0.3, -0.25) is 4.79 Å². The van der Waals surface area contributed by atoms with E-state index >= 15 is 0 Å². The molecule has 3 rings (SSSR count). The van der Waals surface area contributed by atoms with E-state index in [4.69, 9.17) is 28.9 Å². The monoisotopic (exact) mass is 456 g/mol. The Morgan fingerprint density at radius 2 is 1.84 bits per heavy atom. The van der Waals surface area contributed by atoms with Crippen LogP contribution >= 0.6 is 23.2 Å². The fourth-order valence-electron chi connectivity index (χ4n) is 3.52. The number of aryl methyl sites for hydroxylation is 1. The first kappa shape index (κ1) is 23.3. The van der Waals surface area contributed by atoms with Crippen molar-refractivity contribution in [3.8, 4) is 0 Å². The lowest BCUT2D eigenvalue weighted by Gasteiger charge is -2.06. The first-order valence-electron chi connectivity index (χ1n) is 10.6. The van der Waals surface area contributed by atoms with Crippen molar-refractivity contribution in [1.29, 1.82) is 0 Å². The average Bonchev–Trinajstić information content (AvgIpc) is 2.78. The van der Waals surface area contributed by atoms with Gasteiger partial charge in [0.15, 0.2) is 0 Å². The number of nitrogens with one attached hydrogen (secondary N) is 1. The Bertz CT molecular complexity index is 1070. The maximum absolute atomic E-state index is 11.7. The predicted molar refractivity (Wildman–Crippen MR) is 130 cm³/mol. The summed E-state index contributed by atoms with van der Waals surface area (Å²) in [6.45, 7) is 1.88. The van der Waals surface area contributed by atoms with Gasteiger partial charge in [-0.1, -0.05) is 35.3 Å². The minimum atomic E-state index is 0.0743. The van der Waals surface area contributed by atoms with Crippen LogP contribution in [0.2, 0.25) is 10.0 Å². The lowest BCUT2D eigenvalue weighted by atomic mass is 10.1. The summed E-state index contributed by atoms with van der Waals surface area (Å²) in [7, 11) is 0. The molecule has 1 aromatic heterocycles. The number of carbonyl (C=O) groups is 1. The number of hydrogen-bond acceptors (Lipinski definition) is 2. The van der Waals surface area contributed by atoms with Crippen molar-refractivity contribution in [2.24, 2.45) is 5.73 Å². The molecule has 31 heavy (non-hydrogen) atoms. The second-order valence-corrected chi connectivity index (χ2v) is 8.26. The van der Waals surface area contributed by atoms with Gasteiger partial charge in [0.05, 0.1) is 0 Å². The van der Waals surface area contributed by atoms with E-state index in [1.165, 1.54) is 10.9 Å². The summed E-state index contributed by atoms with van der Waals surface area (Å²) in [5.41, 5.74) is 8.58. The zero-order valence-corrected chi connectivity index (χ0v) is 19.0. The van der Waals surface area contributed by atoms with Crippen LogP contribution in [0.1, 0.15) is 36.9 Å². The van der Waals surface area contributed by atoms with Gasteiger partial charge >= 0.3 is 0 Å².